The Labute approximate surface area is 107 Å². The van der Waals surface area contributed by atoms with Crippen molar-refractivity contribution in [3.63, 3.8) is 0 Å². The van der Waals surface area contributed by atoms with E-state index in [0.717, 1.165) is 0 Å². The fraction of sp³-hybridized carbons (Fsp3) is 0.364. The summed E-state index contributed by atoms with van der Waals surface area (Å²) in [6.07, 6.45) is 0. The third kappa shape index (κ3) is 3.24. The summed E-state index contributed by atoms with van der Waals surface area (Å²) in [5.74, 6) is -1.63. The molecule has 2 atom stereocenters. The first kappa shape index (κ1) is 14.1. The summed E-state index contributed by atoms with van der Waals surface area (Å²) in [5, 5.41) is 8.94. The van der Waals surface area contributed by atoms with Crippen molar-refractivity contribution in [3.8, 4) is 0 Å². The Bertz CT molecular complexity index is 426. The Morgan fingerprint density at radius 3 is 2.59 bits per heavy atom. The van der Waals surface area contributed by atoms with Crippen LogP contribution in [0, 0.1) is 5.82 Å². The van der Waals surface area contributed by atoms with Crippen LogP contribution < -0.4 is 5.73 Å². The van der Waals surface area contributed by atoms with Gasteiger partial charge in [0.25, 0.3) is 0 Å². The molecular weight excluding hydrogens is 291 g/mol. The topological polar surface area (TPSA) is 66.6 Å². The van der Waals surface area contributed by atoms with Gasteiger partial charge >= 0.3 is 5.97 Å². The largest absolute Gasteiger partial charge is 0.480 e. The highest BCUT2D eigenvalue weighted by atomic mass is 79.9. The lowest BCUT2D eigenvalue weighted by Crippen LogP contribution is -2.43. The van der Waals surface area contributed by atoms with Crippen molar-refractivity contribution < 1.29 is 14.3 Å². The maximum atomic E-state index is 13.7. The van der Waals surface area contributed by atoms with Crippen LogP contribution in [0.3, 0.4) is 0 Å². The van der Waals surface area contributed by atoms with Crippen LogP contribution in [-0.4, -0.2) is 36.1 Å². The fourth-order valence-electron chi connectivity index (χ4n) is 1.67. The van der Waals surface area contributed by atoms with Gasteiger partial charge in [-0.15, -0.1) is 0 Å². The second-order valence-corrected chi connectivity index (χ2v) is 4.85. The molecule has 0 amide bonds. The molecule has 0 radical (unpaired) electrons. The minimum atomic E-state index is -1.19. The molecule has 2 unspecified atom stereocenters. The normalized spacial score (nSPS) is 14.7. The Hall–Kier alpha value is -0.980. The second-order valence-electron chi connectivity index (χ2n) is 3.94. The molecule has 94 valence electrons. The summed E-state index contributed by atoms with van der Waals surface area (Å²) in [5.41, 5.74) is 5.85. The molecule has 6 heteroatoms. The molecule has 0 aliphatic rings. The second kappa shape index (κ2) is 5.57. The van der Waals surface area contributed by atoms with Gasteiger partial charge in [-0.25, -0.2) is 4.39 Å². The number of benzene rings is 1. The third-order valence-corrected chi connectivity index (χ3v) is 2.95. The number of halogens is 2. The molecule has 0 heterocycles. The molecule has 0 fully saturated rings. The average molecular weight is 305 g/mol. The molecule has 3 N–H and O–H groups in total. The van der Waals surface area contributed by atoms with E-state index in [1.54, 1.807) is 31.1 Å². The molecule has 1 aromatic carbocycles. The predicted octanol–water partition coefficient (Wildman–Crippen LogP) is 1.60. The zero-order chi connectivity index (χ0) is 13.2. The summed E-state index contributed by atoms with van der Waals surface area (Å²) < 4.78 is 14.4. The highest BCUT2D eigenvalue weighted by molar-refractivity contribution is 9.10. The maximum absolute atomic E-state index is 13.7. The zero-order valence-electron chi connectivity index (χ0n) is 9.52. The molecule has 1 rings (SSSR count). The van der Waals surface area contributed by atoms with E-state index >= 15 is 0 Å². The third-order valence-electron chi connectivity index (χ3n) is 2.46. The van der Waals surface area contributed by atoms with E-state index < -0.39 is 23.9 Å². The fourth-order valence-corrected chi connectivity index (χ4v) is 2.05. The smallest absolute Gasteiger partial charge is 0.322 e. The molecule has 0 saturated heterocycles. The number of carbonyl (C=O) groups is 1. The molecule has 0 aliphatic heterocycles. The van der Waals surface area contributed by atoms with Crippen molar-refractivity contribution in [2.45, 2.75) is 12.1 Å². The lowest BCUT2D eigenvalue weighted by atomic mass is 9.98. The minimum absolute atomic E-state index is 0.263. The van der Waals surface area contributed by atoms with Crippen LogP contribution in [0.25, 0.3) is 0 Å². The van der Waals surface area contributed by atoms with Gasteiger partial charge in [0.05, 0.1) is 6.04 Å². The number of nitrogens with two attached hydrogens (primary N) is 1. The van der Waals surface area contributed by atoms with Gasteiger partial charge in [0.2, 0.25) is 0 Å². The summed E-state index contributed by atoms with van der Waals surface area (Å²) in [6.45, 7) is 0. The number of hydrogen-bond donors (Lipinski definition) is 2. The van der Waals surface area contributed by atoms with Gasteiger partial charge in [-0.05, 0) is 32.3 Å². The summed E-state index contributed by atoms with van der Waals surface area (Å²) in [4.78, 5) is 12.5. The van der Waals surface area contributed by atoms with Crippen molar-refractivity contribution in [2.75, 3.05) is 14.1 Å². The van der Waals surface area contributed by atoms with Crippen LogP contribution in [0.2, 0.25) is 0 Å². The van der Waals surface area contributed by atoms with Crippen molar-refractivity contribution in [3.05, 3.63) is 34.1 Å². The van der Waals surface area contributed by atoms with Gasteiger partial charge in [0.1, 0.15) is 11.9 Å². The highest BCUT2D eigenvalue weighted by Crippen LogP contribution is 2.27. The zero-order valence-corrected chi connectivity index (χ0v) is 11.1. The van der Waals surface area contributed by atoms with Gasteiger partial charge in [-0.1, -0.05) is 15.9 Å². The molecule has 17 heavy (non-hydrogen) atoms. The van der Waals surface area contributed by atoms with Crippen molar-refractivity contribution in [2.24, 2.45) is 5.73 Å². The molecule has 0 spiro atoms. The molecule has 1 aromatic rings. The van der Waals surface area contributed by atoms with Crippen LogP contribution in [-0.2, 0) is 4.79 Å². The molecule has 4 nitrogen and oxygen atoms in total. The molecule has 0 saturated carbocycles. The molecule has 0 aliphatic carbocycles. The van der Waals surface area contributed by atoms with E-state index in [1.807, 2.05) is 0 Å². The summed E-state index contributed by atoms with van der Waals surface area (Å²) >= 11 is 3.23. The average Bonchev–Trinajstić information content (AvgIpc) is 2.22. The van der Waals surface area contributed by atoms with Crippen LogP contribution in [0.15, 0.2) is 22.7 Å². The van der Waals surface area contributed by atoms with E-state index in [1.165, 1.54) is 6.07 Å². The van der Waals surface area contributed by atoms with E-state index in [2.05, 4.69) is 15.9 Å². The lowest BCUT2D eigenvalue weighted by molar-refractivity contribution is -0.140. The Kier molecular flexibility index (Phi) is 4.62. The minimum Gasteiger partial charge on any atom is -0.480 e. The number of likely N-dealkylation sites (N-methyl/N-ethyl adjacent to an activating group) is 1. The standard InChI is InChI=1S/C11H14BrFN2O2/c1-15(2)10(9(14)11(16)17)7-5-6(12)3-4-8(7)13/h3-5,9-10H,14H2,1-2H3,(H,16,17). The first-order chi connectivity index (χ1) is 7.84. The number of aliphatic carboxylic acids is 1. The Morgan fingerprint density at radius 2 is 2.12 bits per heavy atom. The van der Waals surface area contributed by atoms with Crippen molar-refractivity contribution in [1.82, 2.24) is 4.90 Å². The quantitative estimate of drug-likeness (QED) is 0.887. The lowest BCUT2D eigenvalue weighted by Gasteiger charge is -2.28. The number of carboxylic acids is 1. The van der Waals surface area contributed by atoms with Gasteiger partial charge in [0.15, 0.2) is 0 Å². The van der Waals surface area contributed by atoms with Crippen LogP contribution in [0.1, 0.15) is 11.6 Å². The summed E-state index contributed by atoms with van der Waals surface area (Å²) in [7, 11) is 3.32. The van der Waals surface area contributed by atoms with Crippen molar-refractivity contribution >= 4 is 21.9 Å². The van der Waals surface area contributed by atoms with E-state index in [0.29, 0.717) is 4.47 Å². The number of nitrogens with zero attached hydrogens (tertiary/aromatic N) is 1. The van der Waals surface area contributed by atoms with Gasteiger partial charge in [-0.3, -0.25) is 4.79 Å². The van der Waals surface area contributed by atoms with Crippen LogP contribution in [0.4, 0.5) is 4.39 Å². The maximum Gasteiger partial charge on any atom is 0.322 e. The number of carboxylic acid groups (broad SMARTS) is 1. The number of rotatable bonds is 4. The Morgan fingerprint density at radius 1 is 1.53 bits per heavy atom. The van der Waals surface area contributed by atoms with Gasteiger partial charge in [-0.2, -0.15) is 0 Å². The first-order valence-electron chi connectivity index (χ1n) is 4.94. The molecule has 0 bridgehead atoms. The highest BCUT2D eigenvalue weighted by Gasteiger charge is 2.29. The predicted molar refractivity (Wildman–Crippen MR) is 66.1 cm³/mol. The summed E-state index contributed by atoms with van der Waals surface area (Å²) in [6, 6.07) is 2.48. The molecule has 0 aromatic heterocycles. The van der Waals surface area contributed by atoms with E-state index in [-0.39, 0.29) is 5.56 Å². The van der Waals surface area contributed by atoms with Crippen molar-refractivity contribution in [1.29, 1.82) is 0 Å². The molecular formula is C11H14BrFN2O2. The Balaban J connectivity index is 3.22. The van der Waals surface area contributed by atoms with Gasteiger partial charge < -0.3 is 15.7 Å². The van der Waals surface area contributed by atoms with E-state index in [4.69, 9.17) is 10.8 Å². The van der Waals surface area contributed by atoms with E-state index in [9.17, 15) is 9.18 Å². The van der Waals surface area contributed by atoms with Crippen LogP contribution in [0.5, 0.6) is 0 Å². The van der Waals surface area contributed by atoms with Crippen LogP contribution >= 0.6 is 15.9 Å². The number of hydrogen-bond acceptors (Lipinski definition) is 3. The first-order valence-corrected chi connectivity index (χ1v) is 5.73. The van der Waals surface area contributed by atoms with Gasteiger partial charge in [0, 0.05) is 10.0 Å². The SMILES string of the molecule is CN(C)C(c1cc(Br)ccc1F)C(N)C(=O)O. The monoisotopic (exact) mass is 304 g/mol.